The molecule has 0 aliphatic rings. The Morgan fingerprint density at radius 2 is 1.33 bits per heavy atom. The van der Waals surface area contributed by atoms with Gasteiger partial charge in [0.15, 0.2) is 28.7 Å². The van der Waals surface area contributed by atoms with Gasteiger partial charge in [0, 0.05) is 12.1 Å². The molecule has 3 aromatic rings. The number of phenols is 1. The number of carbonyl (C=O) groups is 1. The first-order valence-electron chi connectivity index (χ1n) is 11.4. The first-order valence-corrected chi connectivity index (χ1v) is 11.4. The second-order valence-corrected chi connectivity index (χ2v) is 7.92. The second-order valence-electron chi connectivity index (χ2n) is 7.92. The highest BCUT2D eigenvalue weighted by molar-refractivity contribution is 6.03. The molecule has 0 fully saturated rings. The third kappa shape index (κ3) is 6.77. The smallest absolute Gasteiger partial charge is 0.310 e. The summed E-state index contributed by atoms with van der Waals surface area (Å²) in [6.45, 7) is 0. The van der Waals surface area contributed by atoms with Gasteiger partial charge in [-0.25, -0.2) is 0 Å². The van der Waals surface area contributed by atoms with Gasteiger partial charge in [0.1, 0.15) is 0 Å². The lowest BCUT2D eigenvalue weighted by Crippen LogP contribution is -2.09. The van der Waals surface area contributed by atoms with Crippen LogP contribution in [-0.2, 0) is 4.79 Å². The largest absolute Gasteiger partial charge is 0.504 e. The van der Waals surface area contributed by atoms with Crippen LogP contribution in [-0.4, -0.2) is 51.5 Å². The van der Waals surface area contributed by atoms with Gasteiger partial charge in [0.25, 0.3) is 0 Å². The number of rotatable bonds is 11. The van der Waals surface area contributed by atoms with Crippen molar-refractivity contribution in [1.82, 2.24) is 0 Å². The summed E-state index contributed by atoms with van der Waals surface area (Å²) in [4.78, 5) is 23.2. The summed E-state index contributed by atoms with van der Waals surface area (Å²) in [5.41, 5.74) is 1.88. The van der Waals surface area contributed by atoms with Crippen LogP contribution in [0.2, 0.25) is 0 Å². The number of carbonyl (C=O) groups excluding carboxylic acids is 1. The standard InChI is InChI=1S/C28H28N2O9/c1-35-23-14-17(8-10-21(23)30(33)34)9-11-26(32)29-20-12-18(13-22(31)27(20)38-4)6-7-19-15-24(36-2)28(39-5)25(16-19)37-3/h6-16,31H,1-5H3,(H,29,32)/b7-6?,11-9+. The molecule has 0 saturated carbocycles. The van der Waals surface area contributed by atoms with Gasteiger partial charge < -0.3 is 34.1 Å². The van der Waals surface area contributed by atoms with Crippen molar-refractivity contribution in [2.45, 2.75) is 0 Å². The molecule has 0 aliphatic heterocycles. The SMILES string of the molecule is COc1cc(/C=C/C(=O)Nc2cc(C=Cc3cc(OC)c(OC)c(OC)c3)cc(O)c2OC)ccc1[N+](=O)[O-]. The Labute approximate surface area is 225 Å². The molecule has 0 aromatic heterocycles. The monoisotopic (exact) mass is 536 g/mol. The lowest BCUT2D eigenvalue weighted by atomic mass is 10.1. The zero-order chi connectivity index (χ0) is 28.5. The van der Waals surface area contributed by atoms with Gasteiger partial charge in [-0.2, -0.15) is 0 Å². The van der Waals surface area contributed by atoms with Gasteiger partial charge in [-0.3, -0.25) is 14.9 Å². The third-order valence-corrected chi connectivity index (χ3v) is 5.54. The van der Waals surface area contributed by atoms with Gasteiger partial charge >= 0.3 is 5.69 Å². The lowest BCUT2D eigenvalue weighted by molar-refractivity contribution is -0.385. The number of aromatic hydroxyl groups is 1. The molecule has 3 rings (SSSR count). The van der Waals surface area contributed by atoms with Crippen molar-refractivity contribution >= 4 is 35.5 Å². The predicted octanol–water partition coefficient (Wildman–Crippen LogP) is 5.17. The summed E-state index contributed by atoms with van der Waals surface area (Å²) < 4.78 is 26.4. The van der Waals surface area contributed by atoms with Crippen molar-refractivity contribution < 1.29 is 38.5 Å². The third-order valence-electron chi connectivity index (χ3n) is 5.54. The summed E-state index contributed by atoms with van der Waals surface area (Å²) in [7, 11) is 7.25. The average molecular weight is 537 g/mol. The Kier molecular flexibility index (Phi) is 9.36. The van der Waals surface area contributed by atoms with Crippen LogP contribution in [0.3, 0.4) is 0 Å². The quantitative estimate of drug-likeness (QED) is 0.147. The summed E-state index contributed by atoms with van der Waals surface area (Å²) in [5, 5.41) is 24.3. The highest BCUT2D eigenvalue weighted by atomic mass is 16.6. The number of nitro benzene ring substituents is 1. The molecule has 0 unspecified atom stereocenters. The molecule has 0 heterocycles. The van der Waals surface area contributed by atoms with Gasteiger partial charge in [-0.05, 0) is 59.2 Å². The maximum atomic E-state index is 12.7. The number of hydrogen-bond acceptors (Lipinski definition) is 9. The fourth-order valence-corrected chi connectivity index (χ4v) is 3.72. The van der Waals surface area contributed by atoms with E-state index < -0.39 is 10.8 Å². The number of ether oxygens (including phenoxy) is 5. The van der Waals surface area contributed by atoms with Crippen molar-refractivity contribution in [1.29, 1.82) is 0 Å². The van der Waals surface area contributed by atoms with Gasteiger partial charge in [-0.1, -0.05) is 12.2 Å². The maximum Gasteiger partial charge on any atom is 0.310 e. The molecule has 0 radical (unpaired) electrons. The average Bonchev–Trinajstić information content (AvgIpc) is 2.93. The van der Waals surface area contributed by atoms with E-state index in [0.29, 0.717) is 28.4 Å². The minimum atomic E-state index is -0.555. The summed E-state index contributed by atoms with van der Waals surface area (Å²) >= 11 is 0. The molecule has 0 bridgehead atoms. The van der Waals surface area contributed by atoms with Crippen molar-refractivity contribution in [3.8, 4) is 34.5 Å². The molecule has 204 valence electrons. The van der Waals surface area contributed by atoms with Gasteiger partial charge in [-0.15, -0.1) is 0 Å². The minimum absolute atomic E-state index is 0.0701. The number of anilines is 1. The molecule has 3 aromatic carbocycles. The number of benzene rings is 3. The normalized spacial score (nSPS) is 10.9. The fourth-order valence-electron chi connectivity index (χ4n) is 3.72. The van der Waals surface area contributed by atoms with E-state index in [9.17, 15) is 20.0 Å². The number of phenolic OH excluding ortho intramolecular Hbond substituents is 1. The van der Waals surface area contributed by atoms with Crippen molar-refractivity contribution in [2.24, 2.45) is 0 Å². The molecule has 0 aliphatic carbocycles. The number of nitrogens with one attached hydrogen (secondary N) is 1. The van der Waals surface area contributed by atoms with E-state index in [1.54, 1.807) is 30.4 Å². The second kappa shape index (κ2) is 12.9. The summed E-state index contributed by atoms with van der Waals surface area (Å²) in [6.07, 6.45) is 6.23. The van der Waals surface area contributed by atoms with Crippen LogP contribution in [0.5, 0.6) is 34.5 Å². The molecule has 1 amide bonds. The number of amides is 1. The molecule has 11 heteroatoms. The van der Waals surface area contributed by atoms with Gasteiger partial charge in [0.2, 0.25) is 11.7 Å². The maximum absolute atomic E-state index is 12.7. The van der Waals surface area contributed by atoms with E-state index in [1.807, 2.05) is 0 Å². The molecular formula is C28H28N2O9. The fraction of sp³-hybridized carbons (Fsp3) is 0.179. The van der Waals surface area contributed by atoms with Gasteiger partial charge in [0.05, 0.1) is 46.2 Å². The first kappa shape index (κ1) is 28.4. The number of hydrogen-bond donors (Lipinski definition) is 2. The van der Waals surface area contributed by atoms with Crippen molar-refractivity contribution in [3.05, 3.63) is 75.3 Å². The Morgan fingerprint density at radius 1 is 0.769 bits per heavy atom. The molecular weight excluding hydrogens is 508 g/mol. The molecule has 2 N–H and O–H groups in total. The highest BCUT2D eigenvalue weighted by Crippen LogP contribution is 2.39. The summed E-state index contributed by atoms with van der Waals surface area (Å²) in [5.74, 6) is 0.891. The lowest BCUT2D eigenvalue weighted by Gasteiger charge is -2.13. The molecule has 0 saturated heterocycles. The minimum Gasteiger partial charge on any atom is -0.504 e. The van der Waals surface area contributed by atoms with Crippen LogP contribution >= 0.6 is 0 Å². The Hall–Kier alpha value is -5.19. The van der Waals surface area contributed by atoms with Crippen molar-refractivity contribution in [2.75, 3.05) is 40.9 Å². The Morgan fingerprint density at radius 3 is 1.87 bits per heavy atom. The van der Waals surface area contributed by atoms with E-state index in [-0.39, 0.29) is 28.6 Å². The van der Waals surface area contributed by atoms with E-state index in [0.717, 1.165) is 5.56 Å². The topological polar surface area (TPSA) is 139 Å². The molecule has 0 atom stereocenters. The first-order chi connectivity index (χ1) is 18.7. The van der Waals surface area contributed by atoms with E-state index >= 15 is 0 Å². The molecule has 0 spiro atoms. The van der Waals surface area contributed by atoms with Crippen LogP contribution in [0, 0.1) is 10.1 Å². The predicted molar refractivity (Wildman–Crippen MR) is 147 cm³/mol. The van der Waals surface area contributed by atoms with E-state index in [1.165, 1.54) is 72.0 Å². The zero-order valence-corrected chi connectivity index (χ0v) is 22.0. The van der Waals surface area contributed by atoms with Crippen molar-refractivity contribution in [3.63, 3.8) is 0 Å². The number of nitrogens with zero attached hydrogens (tertiary/aromatic N) is 1. The number of methoxy groups -OCH3 is 5. The van der Waals surface area contributed by atoms with Crippen LogP contribution in [0.1, 0.15) is 16.7 Å². The van der Waals surface area contributed by atoms with E-state index in [2.05, 4.69) is 5.32 Å². The van der Waals surface area contributed by atoms with Crippen LogP contribution < -0.4 is 29.0 Å². The molecule has 39 heavy (non-hydrogen) atoms. The van der Waals surface area contributed by atoms with Crippen LogP contribution in [0.15, 0.2) is 48.5 Å². The zero-order valence-electron chi connectivity index (χ0n) is 22.0. The summed E-state index contributed by atoms with van der Waals surface area (Å²) in [6, 6.07) is 10.9. The molecule has 11 nitrogen and oxygen atoms in total. The Bertz CT molecular complexity index is 1410. The Balaban J connectivity index is 1.86. The number of nitro groups is 1. The highest BCUT2D eigenvalue weighted by Gasteiger charge is 2.15. The van der Waals surface area contributed by atoms with Crippen LogP contribution in [0.4, 0.5) is 11.4 Å². The van der Waals surface area contributed by atoms with E-state index in [4.69, 9.17) is 23.7 Å². The van der Waals surface area contributed by atoms with Crippen LogP contribution in [0.25, 0.3) is 18.2 Å².